The molecule has 0 saturated carbocycles. The molecule has 1 N–H and O–H groups in total. The molecule has 5 nitrogen and oxygen atoms in total. The minimum atomic E-state index is -3.59. The van der Waals surface area contributed by atoms with Crippen LogP contribution in [0.3, 0.4) is 0 Å². The highest BCUT2D eigenvalue weighted by atomic mass is 32.2. The summed E-state index contributed by atoms with van der Waals surface area (Å²) in [5.41, 5.74) is 1.13. The largest absolute Gasteiger partial charge is 0.496 e. The molecule has 0 fully saturated rings. The van der Waals surface area contributed by atoms with Crippen molar-refractivity contribution in [2.24, 2.45) is 0 Å². The summed E-state index contributed by atoms with van der Waals surface area (Å²) in [6.07, 6.45) is 0. The highest BCUT2D eigenvalue weighted by Crippen LogP contribution is 2.36. The third kappa shape index (κ3) is 2.73. The van der Waals surface area contributed by atoms with Crippen molar-refractivity contribution in [3.8, 4) is 11.5 Å². The number of nitrogens with one attached hydrogen (secondary N) is 1. The molecule has 0 aliphatic heterocycles. The zero-order valence-corrected chi connectivity index (χ0v) is 13.0. The van der Waals surface area contributed by atoms with E-state index in [1.54, 1.807) is 43.7 Å². The van der Waals surface area contributed by atoms with E-state index in [9.17, 15) is 8.42 Å². The maximum absolute atomic E-state index is 12.2. The summed E-state index contributed by atoms with van der Waals surface area (Å²) in [6, 6.07) is 6.56. The van der Waals surface area contributed by atoms with Crippen LogP contribution in [-0.2, 0) is 10.0 Å². The second-order valence-electron chi connectivity index (χ2n) is 4.01. The SMILES string of the molecule is COc1ccc(NS(=O)(=O)c2cccs2)c(OC)c1C. The van der Waals surface area contributed by atoms with Gasteiger partial charge >= 0.3 is 0 Å². The summed E-state index contributed by atoms with van der Waals surface area (Å²) >= 11 is 1.16. The Morgan fingerprint density at radius 3 is 2.45 bits per heavy atom. The van der Waals surface area contributed by atoms with E-state index in [4.69, 9.17) is 9.47 Å². The molecule has 1 heterocycles. The molecular formula is C13H15NO4S2. The van der Waals surface area contributed by atoms with Gasteiger partial charge in [-0.3, -0.25) is 4.72 Å². The molecule has 0 saturated heterocycles. The van der Waals surface area contributed by atoms with Crippen molar-refractivity contribution in [2.45, 2.75) is 11.1 Å². The maximum atomic E-state index is 12.2. The van der Waals surface area contributed by atoms with E-state index < -0.39 is 10.0 Å². The summed E-state index contributed by atoms with van der Waals surface area (Å²) in [4.78, 5) is 0. The van der Waals surface area contributed by atoms with Gasteiger partial charge in [-0.2, -0.15) is 0 Å². The molecule has 7 heteroatoms. The molecule has 2 aromatic rings. The summed E-state index contributed by atoms with van der Waals surface area (Å²) < 4.78 is 37.7. The molecule has 0 amide bonds. The Bertz CT molecular complexity index is 693. The van der Waals surface area contributed by atoms with Gasteiger partial charge < -0.3 is 9.47 Å². The lowest BCUT2D eigenvalue weighted by atomic mass is 10.2. The second kappa shape index (κ2) is 5.72. The average molecular weight is 313 g/mol. The predicted octanol–water partition coefficient (Wildman–Crippen LogP) is 2.87. The zero-order chi connectivity index (χ0) is 14.8. The maximum Gasteiger partial charge on any atom is 0.271 e. The summed E-state index contributed by atoms with van der Waals surface area (Å²) in [6.45, 7) is 1.81. The van der Waals surface area contributed by atoms with Gasteiger partial charge in [0.05, 0.1) is 19.9 Å². The van der Waals surface area contributed by atoms with Crippen LogP contribution in [-0.4, -0.2) is 22.6 Å². The van der Waals surface area contributed by atoms with E-state index in [1.165, 1.54) is 7.11 Å². The van der Waals surface area contributed by atoms with Crippen molar-refractivity contribution in [1.82, 2.24) is 0 Å². The Hall–Kier alpha value is -1.73. The fourth-order valence-corrected chi connectivity index (χ4v) is 3.90. The van der Waals surface area contributed by atoms with E-state index in [-0.39, 0.29) is 4.21 Å². The van der Waals surface area contributed by atoms with Crippen LogP contribution < -0.4 is 14.2 Å². The average Bonchev–Trinajstić information content (AvgIpc) is 2.93. The van der Waals surface area contributed by atoms with Gasteiger partial charge in [-0.05, 0) is 30.5 Å². The summed E-state index contributed by atoms with van der Waals surface area (Å²) in [7, 11) is -0.548. The molecular weight excluding hydrogens is 298 g/mol. The number of anilines is 1. The van der Waals surface area contributed by atoms with Crippen molar-refractivity contribution in [1.29, 1.82) is 0 Å². The van der Waals surface area contributed by atoms with Crippen LogP contribution in [0.2, 0.25) is 0 Å². The Morgan fingerprint density at radius 1 is 1.15 bits per heavy atom. The van der Waals surface area contributed by atoms with Gasteiger partial charge in [-0.15, -0.1) is 11.3 Å². The van der Waals surface area contributed by atoms with Crippen LogP contribution in [0.1, 0.15) is 5.56 Å². The van der Waals surface area contributed by atoms with Gasteiger partial charge in [0.15, 0.2) is 0 Å². The minimum absolute atomic E-state index is 0.257. The van der Waals surface area contributed by atoms with Crippen LogP contribution in [0, 0.1) is 6.92 Å². The van der Waals surface area contributed by atoms with Crippen LogP contribution in [0.4, 0.5) is 5.69 Å². The standard InChI is InChI=1S/C13H15NO4S2/c1-9-11(17-2)7-6-10(13(9)18-3)14-20(15,16)12-5-4-8-19-12/h4-8,14H,1-3H3. The fraction of sp³-hybridized carbons (Fsp3) is 0.231. The number of thiophene rings is 1. The lowest BCUT2D eigenvalue weighted by Crippen LogP contribution is -2.12. The molecule has 0 aliphatic rings. The van der Waals surface area contributed by atoms with Crippen molar-refractivity contribution in [3.05, 3.63) is 35.2 Å². The molecule has 0 aliphatic carbocycles. The van der Waals surface area contributed by atoms with Crippen LogP contribution in [0.15, 0.2) is 33.9 Å². The molecule has 108 valence electrons. The van der Waals surface area contributed by atoms with E-state index in [0.29, 0.717) is 17.2 Å². The van der Waals surface area contributed by atoms with E-state index >= 15 is 0 Å². The Labute approximate surface area is 122 Å². The molecule has 1 aromatic carbocycles. The van der Waals surface area contributed by atoms with Crippen molar-refractivity contribution in [2.75, 3.05) is 18.9 Å². The van der Waals surface area contributed by atoms with Crippen LogP contribution >= 0.6 is 11.3 Å². The molecule has 0 atom stereocenters. The van der Waals surface area contributed by atoms with Gasteiger partial charge in [0.2, 0.25) is 0 Å². The van der Waals surface area contributed by atoms with Crippen molar-refractivity contribution in [3.63, 3.8) is 0 Å². The predicted molar refractivity (Wildman–Crippen MR) is 79.4 cm³/mol. The number of rotatable bonds is 5. The Kier molecular flexibility index (Phi) is 4.20. The Morgan fingerprint density at radius 2 is 1.90 bits per heavy atom. The van der Waals surface area contributed by atoms with Gasteiger partial charge in [0.1, 0.15) is 15.7 Å². The van der Waals surface area contributed by atoms with E-state index in [2.05, 4.69) is 4.72 Å². The van der Waals surface area contributed by atoms with Crippen molar-refractivity contribution >= 4 is 27.0 Å². The first-order valence-corrected chi connectivity index (χ1v) is 8.13. The van der Waals surface area contributed by atoms with Crippen molar-refractivity contribution < 1.29 is 17.9 Å². The molecule has 2 rings (SSSR count). The number of ether oxygens (including phenoxy) is 2. The molecule has 0 unspecified atom stereocenters. The smallest absolute Gasteiger partial charge is 0.271 e. The topological polar surface area (TPSA) is 64.6 Å². The van der Waals surface area contributed by atoms with Crippen LogP contribution in [0.5, 0.6) is 11.5 Å². The van der Waals surface area contributed by atoms with Crippen LogP contribution in [0.25, 0.3) is 0 Å². The number of sulfonamides is 1. The zero-order valence-electron chi connectivity index (χ0n) is 11.3. The highest BCUT2D eigenvalue weighted by molar-refractivity contribution is 7.94. The van der Waals surface area contributed by atoms with Gasteiger partial charge in [-0.1, -0.05) is 6.07 Å². The first-order chi connectivity index (χ1) is 9.49. The lowest BCUT2D eigenvalue weighted by molar-refractivity contribution is 0.390. The third-order valence-corrected chi connectivity index (χ3v) is 5.55. The second-order valence-corrected chi connectivity index (χ2v) is 6.87. The number of hydrogen-bond donors (Lipinski definition) is 1. The molecule has 0 bridgehead atoms. The number of hydrogen-bond acceptors (Lipinski definition) is 5. The van der Waals surface area contributed by atoms with E-state index in [1.807, 2.05) is 0 Å². The normalized spacial score (nSPS) is 11.2. The first kappa shape index (κ1) is 14.7. The monoisotopic (exact) mass is 313 g/mol. The minimum Gasteiger partial charge on any atom is -0.496 e. The molecule has 0 radical (unpaired) electrons. The van der Waals surface area contributed by atoms with Gasteiger partial charge in [-0.25, -0.2) is 8.42 Å². The van der Waals surface area contributed by atoms with E-state index in [0.717, 1.165) is 16.9 Å². The fourth-order valence-electron chi connectivity index (χ4n) is 1.85. The van der Waals surface area contributed by atoms with Gasteiger partial charge in [0, 0.05) is 5.56 Å². The Balaban J connectivity index is 2.42. The number of benzene rings is 1. The molecule has 1 aromatic heterocycles. The first-order valence-electron chi connectivity index (χ1n) is 5.77. The third-order valence-electron chi connectivity index (χ3n) is 2.78. The summed E-state index contributed by atoms with van der Waals surface area (Å²) in [5.74, 6) is 1.09. The summed E-state index contributed by atoms with van der Waals surface area (Å²) in [5, 5.41) is 1.71. The number of methoxy groups -OCH3 is 2. The van der Waals surface area contributed by atoms with Gasteiger partial charge in [0.25, 0.3) is 10.0 Å². The quantitative estimate of drug-likeness (QED) is 0.922. The lowest BCUT2D eigenvalue weighted by Gasteiger charge is -2.15. The molecule has 20 heavy (non-hydrogen) atoms. The molecule has 0 spiro atoms. The highest BCUT2D eigenvalue weighted by Gasteiger charge is 2.19.